The second-order valence-corrected chi connectivity index (χ2v) is 10.5. The van der Waals surface area contributed by atoms with Crippen molar-refractivity contribution in [2.75, 3.05) is 6.61 Å². The first-order chi connectivity index (χ1) is 7.85. The molecule has 1 saturated heterocycles. The van der Waals surface area contributed by atoms with Crippen molar-refractivity contribution in [3.63, 3.8) is 0 Å². The van der Waals surface area contributed by atoms with E-state index >= 15 is 0 Å². The van der Waals surface area contributed by atoms with Gasteiger partial charge in [0, 0.05) is 12.5 Å². The Morgan fingerprint density at radius 1 is 1.59 bits per heavy atom. The summed E-state index contributed by atoms with van der Waals surface area (Å²) in [4.78, 5) is 11.2. The molecule has 3 atom stereocenters. The maximum Gasteiger partial charge on any atom is 0.223 e. The highest BCUT2D eigenvalue weighted by Crippen LogP contribution is 2.37. The largest absolute Gasteiger partial charge is 0.412 e. The van der Waals surface area contributed by atoms with E-state index in [0.717, 1.165) is 6.42 Å². The monoisotopic (exact) mass is 255 g/mol. The van der Waals surface area contributed by atoms with E-state index in [-0.39, 0.29) is 30.1 Å². The van der Waals surface area contributed by atoms with Gasteiger partial charge in [-0.3, -0.25) is 4.79 Å². The van der Waals surface area contributed by atoms with Crippen molar-refractivity contribution < 1.29 is 14.3 Å². The molecule has 2 rings (SSSR count). The maximum absolute atomic E-state index is 11.2. The average molecular weight is 255 g/mol. The molecule has 0 bridgehead atoms. The summed E-state index contributed by atoms with van der Waals surface area (Å²) in [5.74, 6) is 0.237. The van der Waals surface area contributed by atoms with Crippen LogP contribution < -0.4 is 5.32 Å². The molecule has 2 aliphatic rings. The number of hydrogen-bond acceptors (Lipinski definition) is 3. The van der Waals surface area contributed by atoms with E-state index in [2.05, 4.69) is 25.0 Å². The zero-order valence-electron chi connectivity index (χ0n) is 10.7. The SMILES string of the molecule is C[Si](C)(C)OC1CC(CO)C=CC12CC(=O)N2. The topological polar surface area (TPSA) is 58.6 Å². The van der Waals surface area contributed by atoms with Gasteiger partial charge in [0.15, 0.2) is 8.32 Å². The molecular weight excluding hydrogens is 234 g/mol. The van der Waals surface area contributed by atoms with Gasteiger partial charge in [0.05, 0.1) is 18.1 Å². The number of carbonyl (C=O) groups is 1. The number of nitrogens with one attached hydrogen (secondary N) is 1. The molecule has 96 valence electrons. The second kappa shape index (κ2) is 4.22. The Labute approximate surface area is 103 Å². The normalized spacial score (nSPS) is 36.8. The van der Waals surface area contributed by atoms with Crippen molar-refractivity contribution >= 4 is 14.2 Å². The van der Waals surface area contributed by atoms with Crippen LogP contribution in [0.5, 0.6) is 0 Å². The standard InChI is InChI=1S/C12H21NO3Si/c1-17(2,3)16-10-6-9(8-14)4-5-12(10)7-11(15)13-12/h4-5,9-10,14H,6-8H2,1-3H3,(H,13,15). The minimum atomic E-state index is -1.65. The summed E-state index contributed by atoms with van der Waals surface area (Å²) in [7, 11) is -1.65. The highest BCUT2D eigenvalue weighted by molar-refractivity contribution is 6.69. The van der Waals surface area contributed by atoms with Crippen LogP contribution in [0.2, 0.25) is 19.6 Å². The van der Waals surface area contributed by atoms with Gasteiger partial charge in [-0.1, -0.05) is 12.2 Å². The number of rotatable bonds is 3. The summed E-state index contributed by atoms with van der Waals surface area (Å²) < 4.78 is 6.18. The number of β-lactam (4-membered cyclic amide) rings is 1. The van der Waals surface area contributed by atoms with Crippen LogP contribution in [0.15, 0.2) is 12.2 Å². The number of aliphatic hydroxyl groups excluding tert-OH is 1. The number of hydrogen-bond donors (Lipinski definition) is 2. The summed E-state index contributed by atoms with van der Waals surface area (Å²) in [6.07, 6.45) is 5.33. The van der Waals surface area contributed by atoms with Gasteiger partial charge in [-0.05, 0) is 26.1 Å². The van der Waals surface area contributed by atoms with E-state index in [9.17, 15) is 9.90 Å². The molecule has 1 aliphatic carbocycles. The first-order valence-corrected chi connectivity index (χ1v) is 9.54. The molecule has 2 N–H and O–H groups in total. The van der Waals surface area contributed by atoms with E-state index in [0.29, 0.717) is 6.42 Å². The van der Waals surface area contributed by atoms with Crippen molar-refractivity contribution in [2.45, 2.75) is 44.1 Å². The van der Waals surface area contributed by atoms with E-state index in [4.69, 9.17) is 4.43 Å². The lowest BCUT2D eigenvalue weighted by Crippen LogP contribution is -2.69. The number of amides is 1. The van der Waals surface area contributed by atoms with Crippen LogP contribution in [0.4, 0.5) is 0 Å². The molecule has 5 heteroatoms. The predicted octanol–water partition coefficient (Wildman–Crippen LogP) is 1.03. The molecule has 4 nitrogen and oxygen atoms in total. The fraction of sp³-hybridized carbons (Fsp3) is 0.750. The van der Waals surface area contributed by atoms with Crippen LogP contribution in [0.3, 0.4) is 0 Å². The van der Waals surface area contributed by atoms with Crippen molar-refractivity contribution in [3.05, 3.63) is 12.2 Å². The summed E-state index contributed by atoms with van der Waals surface area (Å²) in [5, 5.41) is 12.2. The Hall–Kier alpha value is -0.653. The fourth-order valence-corrected chi connectivity index (χ4v) is 3.66. The van der Waals surface area contributed by atoms with Crippen LogP contribution >= 0.6 is 0 Å². The van der Waals surface area contributed by atoms with Gasteiger partial charge < -0.3 is 14.8 Å². The van der Waals surface area contributed by atoms with Crippen molar-refractivity contribution in [3.8, 4) is 0 Å². The van der Waals surface area contributed by atoms with Crippen LogP contribution in [-0.4, -0.2) is 37.6 Å². The Morgan fingerprint density at radius 2 is 2.24 bits per heavy atom. The second-order valence-electron chi connectivity index (χ2n) is 6.02. The van der Waals surface area contributed by atoms with Crippen LogP contribution in [-0.2, 0) is 9.22 Å². The zero-order valence-corrected chi connectivity index (χ0v) is 11.7. The molecule has 0 radical (unpaired) electrons. The molecule has 1 heterocycles. The van der Waals surface area contributed by atoms with E-state index in [1.54, 1.807) is 0 Å². The van der Waals surface area contributed by atoms with E-state index in [1.807, 2.05) is 12.2 Å². The molecule has 17 heavy (non-hydrogen) atoms. The lowest BCUT2D eigenvalue weighted by molar-refractivity contribution is -0.135. The lowest BCUT2D eigenvalue weighted by Gasteiger charge is -2.50. The van der Waals surface area contributed by atoms with E-state index < -0.39 is 8.32 Å². The van der Waals surface area contributed by atoms with Crippen LogP contribution in [0.25, 0.3) is 0 Å². The van der Waals surface area contributed by atoms with E-state index in [1.165, 1.54) is 0 Å². The van der Waals surface area contributed by atoms with Crippen LogP contribution in [0, 0.1) is 5.92 Å². The Morgan fingerprint density at radius 3 is 2.71 bits per heavy atom. The molecule has 1 spiro atoms. The van der Waals surface area contributed by atoms with Gasteiger partial charge in [0.2, 0.25) is 5.91 Å². The quantitative estimate of drug-likeness (QED) is 0.450. The molecule has 3 unspecified atom stereocenters. The molecule has 0 aromatic heterocycles. The number of carbonyl (C=O) groups excluding carboxylic acids is 1. The predicted molar refractivity (Wildman–Crippen MR) is 68.0 cm³/mol. The Kier molecular flexibility index (Phi) is 3.18. The smallest absolute Gasteiger partial charge is 0.223 e. The van der Waals surface area contributed by atoms with Gasteiger partial charge in [0.25, 0.3) is 0 Å². The third-order valence-corrected chi connectivity index (χ3v) is 4.30. The lowest BCUT2D eigenvalue weighted by atomic mass is 9.74. The first kappa shape index (κ1) is 12.8. The van der Waals surface area contributed by atoms with Gasteiger partial charge >= 0.3 is 0 Å². The van der Waals surface area contributed by atoms with Crippen molar-refractivity contribution in [1.29, 1.82) is 0 Å². The average Bonchev–Trinajstić information content (AvgIpc) is 2.16. The van der Waals surface area contributed by atoms with Crippen molar-refractivity contribution in [1.82, 2.24) is 5.32 Å². The number of aliphatic hydroxyl groups is 1. The van der Waals surface area contributed by atoms with Gasteiger partial charge in [-0.25, -0.2) is 0 Å². The fourth-order valence-electron chi connectivity index (χ4n) is 2.50. The molecule has 0 aromatic rings. The highest BCUT2D eigenvalue weighted by atomic mass is 28.4. The molecule has 1 aliphatic heterocycles. The minimum absolute atomic E-state index is 0.00835. The van der Waals surface area contributed by atoms with Crippen molar-refractivity contribution in [2.24, 2.45) is 5.92 Å². The van der Waals surface area contributed by atoms with Gasteiger partial charge in [0.1, 0.15) is 0 Å². The summed E-state index contributed by atoms with van der Waals surface area (Å²) in [6.45, 7) is 6.58. The summed E-state index contributed by atoms with van der Waals surface area (Å²) >= 11 is 0. The maximum atomic E-state index is 11.2. The Balaban J connectivity index is 2.15. The van der Waals surface area contributed by atoms with Crippen LogP contribution in [0.1, 0.15) is 12.8 Å². The molecule has 1 fully saturated rings. The zero-order chi connectivity index (χ0) is 12.7. The van der Waals surface area contributed by atoms with Gasteiger partial charge in [-0.15, -0.1) is 0 Å². The summed E-state index contributed by atoms with van der Waals surface area (Å²) in [6, 6.07) is 0. The third kappa shape index (κ3) is 2.61. The first-order valence-electron chi connectivity index (χ1n) is 6.14. The molecule has 0 aromatic carbocycles. The molecular formula is C12H21NO3Si. The summed E-state index contributed by atoms with van der Waals surface area (Å²) in [5.41, 5.74) is -0.303. The molecule has 1 amide bonds. The minimum Gasteiger partial charge on any atom is -0.412 e. The third-order valence-electron chi connectivity index (χ3n) is 3.31. The van der Waals surface area contributed by atoms with Gasteiger partial charge in [-0.2, -0.15) is 0 Å². The Bertz CT molecular complexity index is 340. The molecule has 0 saturated carbocycles. The highest BCUT2D eigenvalue weighted by Gasteiger charge is 2.50.